The van der Waals surface area contributed by atoms with E-state index in [1.807, 2.05) is 13.8 Å². The highest BCUT2D eigenvalue weighted by atomic mass is 19.4. The van der Waals surface area contributed by atoms with Gasteiger partial charge in [0.1, 0.15) is 0 Å². The van der Waals surface area contributed by atoms with Crippen LogP contribution in [-0.2, 0) is 6.18 Å². The molecule has 1 heterocycles. The van der Waals surface area contributed by atoms with Crippen LogP contribution in [0, 0.1) is 0 Å². The molecule has 0 radical (unpaired) electrons. The van der Waals surface area contributed by atoms with Crippen molar-refractivity contribution in [2.24, 2.45) is 4.99 Å². The van der Waals surface area contributed by atoms with Gasteiger partial charge in [0, 0.05) is 28.7 Å². The van der Waals surface area contributed by atoms with Crippen LogP contribution in [0.2, 0.25) is 0 Å². The summed E-state index contributed by atoms with van der Waals surface area (Å²) in [4.78, 5) is 6.73. The molecule has 1 aliphatic heterocycles. The number of hydrogen-bond donors (Lipinski definition) is 1. The van der Waals surface area contributed by atoms with Crippen LogP contribution < -0.4 is 5.32 Å². The second kappa shape index (κ2) is 11.0. The topological polar surface area (TPSA) is 27.6 Å². The minimum Gasteiger partial charge on any atom is -0.355 e. The van der Waals surface area contributed by atoms with Crippen molar-refractivity contribution in [3.8, 4) is 0 Å². The number of likely N-dealkylation sites (N-methyl/N-ethyl adjacent to an activating group) is 1. The van der Waals surface area contributed by atoms with Crippen LogP contribution in [-0.4, -0.2) is 29.7 Å². The summed E-state index contributed by atoms with van der Waals surface area (Å²) in [6, 6.07) is 3.64. The summed E-state index contributed by atoms with van der Waals surface area (Å²) >= 11 is 0. The zero-order valence-corrected chi connectivity index (χ0v) is 21.1. The van der Waals surface area contributed by atoms with E-state index in [-0.39, 0.29) is 5.54 Å². The van der Waals surface area contributed by atoms with Crippen molar-refractivity contribution in [2.45, 2.75) is 59.2 Å². The third-order valence-corrected chi connectivity index (χ3v) is 6.44. The zero-order valence-electron chi connectivity index (χ0n) is 21.1. The average molecular weight is 472 g/mol. The van der Waals surface area contributed by atoms with Gasteiger partial charge in [0.2, 0.25) is 0 Å². The molecule has 1 atom stereocenters. The van der Waals surface area contributed by atoms with Crippen LogP contribution in [0.3, 0.4) is 0 Å². The first kappa shape index (κ1) is 27.4. The third kappa shape index (κ3) is 6.17. The molecule has 0 aliphatic carbocycles. The Morgan fingerprint density at radius 3 is 2.41 bits per heavy atom. The lowest BCUT2D eigenvalue weighted by Crippen LogP contribution is -2.40. The monoisotopic (exact) mass is 471 g/mol. The Morgan fingerprint density at radius 1 is 1.24 bits per heavy atom. The maximum Gasteiger partial charge on any atom is 0.416 e. The summed E-state index contributed by atoms with van der Waals surface area (Å²) in [5, 5.41) is 3.26. The summed E-state index contributed by atoms with van der Waals surface area (Å²) in [5.74, 6) is 0. The minimum absolute atomic E-state index is 0.127. The highest BCUT2D eigenvalue weighted by molar-refractivity contribution is 6.13. The first-order chi connectivity index (χ1) is 15.8. The van der Waals surface area contributed by atoms with Gasteiger partial charge >= 0.3 is 6.18 Å². The number of hydrogen-bond acceptors (Lipinski definition) is 3. The fourth-order valence-corrected chi connectivity index (χ4v) is 4.25. The summed E-state index contributed by atoms with van der Waals surface area (Å²) in [7, 11) is 2.10. The van der Waals surface area contributed by atoms with Crippen LogP contribution in [0.4, 0.5) is 18.9 Å². The Morgan fingerprint density at radius 2 is 1.91 bits per heavy atom. The van der Waals surface area contributed by atoms with Gasteiger partial charge in [-0.3, -0.25) is 9.89 Å². The first-order valence-corrected chi connectivity index (χ1v) is 11.4. The number of halogens is 3. The van der Waals surface area contributed by atoms with Crippen LogP contribution in [0.15, 0.2) is 83.2 Å². The molecule has 1 fully saturated rings. The van der Waals surface area contributed by atoms with E-state index in [0.29, 0.717) is 22.7 Å². The van der Waals surface area contributed by atoms with Crippen LogP contribution in [0.25, 0.3) is 0 Å². The van der Waals surface area contributed by atoms with E-state index in [9.17, 15) is 13.2 Å². The van der Waals surface area contributed by atoms with Crippen LogP contribution in [0.1, 0.15) is 58.6 Å². The molecule has 1 aliphatic rings. The number of likely N-dealkylation sites (tertiary alicyclic amines) is 1. The van der Waals surface area contributed by atoms with Crippen molar-refractivity contribution in [3.63, 3.8) is 0 Å². The summed E-state index contributed by atoms with van der Waals surface area (Å²) in [6.45, 7) is 19.1. The standard InChI is InChI=1S/C28H36F3N3/c1-9-15-32-26(17-19(3)4)24-18-22(28(29,30)31)12-13-25(24)33-21(6)23(10-2)20(5)27(7)14-11-16-34(27)8/h9-10,12-13,15,17-18,33H,2,6,11,14,16H2,1,3-5,7-8H3/b15-9-,23-20+,32-26?. The molecule has 1 aromatic carbocycles. The molecule has 34 heavy (non-hydrogen) atoms. The van der Waals surface area contributed by atoms with Crippen molar-refractivity contribution < 1.29 is 13.2 Å². The average Bonchev–Trinajstić information content (AvgIpc) is 3.10. The highest BCUT2D eigenvalue weighted by Gasteiger charge is 2.37. The van der Waals surface area contributed by atoms with Gasteiger partial charge in [0.15, 0.2) is 0 Å². The van der Waals surface area contributed by atoms with Crippen molar-refractivity contribution >= 4 is 11.4 Å². The molecule has 184 valence electrons. The Bertz CT molecular complexity index is 1050. The van der Waals surface area contributed by atoms with Crippen molar-refractivity contribution in [1.29, 1.82) is 0 Å². The quantitative estimate of drug-likeness (QED) is 0.308. The Labute approximate surface area is 202 Å². The van der Waals surface area contributed by atoms with Gasteiger partial charge in [-0.1, -0.05) is 30.9 Å². The van der Waals surface area contributed by atoms with E-state index >= 15 is 0 Å². The Hall–Kier alpha value is -2.86. The molecule has 1 unspecified atom stereocenters. The molecular weight excluding hydrogens is 435 g/mol. The molecule has 0 amide bonds. The molecule has 1 saturated heterocycles. The zero-order chi connectivity index (χ0) is 25.7. The molecule has 3 nitrogen and oxygen atoms in total. The molecule has 6 heteroatoms. The van der Waals surface area contributed by atoms with E-state index in [0.717, 1.165) is 48.2 Å². The van der Waals surface area contributed by atoms with E-state index < -0.39 is 11.7 Å². The number of nitrogens with one attached hydrogen (secondary N) is 1. The van der Waals surface area contributed by atoms with Gasteiger partial charge in [-0.05, 0) is 96.5 Å². The normalized spacial score (nSPS) is 20.3. The van der Waals surface area contributed by atoms with Crippen molar-refractivity contribution in [2.75, 3.05) is 18.9 Å². The lowest BCUT2D eigenvalue weighted by Gasteiger charge is -2.35. The maximum absolute atomic E-state index is 13.5. The molecular formula is C28H36F3N3. The summed E-state index contributed by atoms with van der Waals surface area (Å²) < 4.78 is 40.6. The number of benzene rings is 1. The largest absolute Gasteiger partial charge is 0.416 e. The fourth-order valence-electron chi connectivity index (χ4n) is 4.25. The maximum atomic E-state index is 13.5. The minimum atomic E-state index is -4.47. The predicted octanol–water partition coefficient (Wildman–Crippen LogP) is 7.91. The van der Waals surface area contributed by atoms with E-state index in [1.165, 1.54) is 6.07 Å². The Balaban J connectivity index is 2.62. The number of alkyl halides is 3. The van der Waals surface area contributed by atoms with Crippen molar-refractivity contribution in [3.05, 3.63) is 89.3 Å². The lowest BCUT2D eigenvalue weighted by atomic mass is 9.86. The van der Waals surface area contributed by atoms with Gasteiger partial charge in [0.25, 0.3) is 0 Å². The number of rotatable bonds is 8. The predicted molar refractivity (Wildman–Crippen MR) is 138 cm³/mol. The van der Waals surface area contributed by atoms with E-state index in [1.54, 1.807) is 31.4 Å². The molecule has 0 bridgehead atoms. The van der Waals surface area contributed by atoms with Gasteiger partial charge in [-0.15, -0.1) is 0 Å². The lowest BCUT2D eigenvalue weighted by molar-refractivity contribution is -0.137. The smallest absolute Gasteiger partial charge is 0.355 e. The Kier molecular flexibility index (Phi) is 8.89. The van der Waals surface area contributed by atoms with Gasteiger partial charge < -0.3 is 5.32 Å². The number of nitrogens with zero attached hydrogens (tertiary/aromatic N) is 2. The SMILES string of the molecule is C=C/C(C(=C)Nc1ccc(C(F)(F)F)cc1C(C=C(C)C)=N/C=C\C)=C(/C)C1(C)CCCN1C. The molecule has 1 N–H and O–H groups in total. The van der Waals surface area contributed by atoms with Crippen LogP contribution >= 0.6 is 0 Å². The van der Waals surface area contributed by atoms with Gasteiger partial charge in [-0.2, -0.15) is 13.2 Å². The summed E-state index contributed by atoms with van der Waals surface area (Å²) in [6.07, 6.45) is 4.50. The fraction of sp³-hybridized carbons (Fsp3) is 0.393. The van der Waals surface area contributed by atoms with E-state index in [2.05, 4.69) is 49.3 Å². The molecule has 1 aromatic rings. The third-order valence-electron chi connectivity index (χ3n) is 6.44. The van der Waals surface area contributed by atoms with Crippen LogP contribution in [0.5, 0.6) is 0 Å². The number of allylic oxidation sites excluding steroid dienone is 4. The van der Waals surface area contributed by atoms with Gasteiger partial charge in [0.05, 0.1) is 11.3 Å². The molecule has 0 aromatic heterocycles. The van der Waals surface area contributed by atoms with Gasteiger partial charge in [-0.25, -0.2) is 0 Å². The second-order valence-corrected chi connectivity index (χ2v) is 9.12. The second-order valence-electron chi connectivity index (χ2n) is 9.12. The first-order valence-electron chi connectivity index (χ1n) is 11.4. The number of aliphatic imine (C=N–C) groups is 1. The molecule has 0 spiro atoms. The number of anilines is 1. The summed E-state index contributed by atoms with van der Waals surface area (Å²) in [5.41, 5.74) is 3.90. The van der Waals surface area contributed by atoms with Crippen molar-refractivity contribution in [1.82, 2.24) is 4.90 Å². The van der Waals surface area contributed by atoms with E-state index in [4.69, 9.17) is 0 Å². The highest BCUT2D eigenvalue weighted by Crippen LogP contribution is 2.38. The molecule has 0 saturated carbocycles. The molecule has 2 rings (SSSR count).